The summed E-state index contributed by atoms with van der Waals surface area (Å²) in [5.41, 5.74) is 1.78. The van der Waals surface area contributed by atoms with Gasteiger partial charge in [-0.15, -0.1) is 0 Å². The molecule has 4 atom stereocenters. The van der Waals surface area contributed by atoms with Gasteiger partial charge in [0.1, 0.15) is 0 Å². The molecule has 1 amide bonds. The van der Waals surface area contributed by atoms with Crippen molar-refractivity contribution in [2.24, 2.45) is 5.92 Å². The van der Waals surface area contributed by atoms with Gasteiger partial charge in [0.05, 0.1) is 13.1 Å². The molecule has 1 aliphatic heterocycles. The predicted octanol–water partition coefficient (Wildman–Crippen LogP) is 3.33. The van der Waals surface area contributed by atoms with Crippen LogP contribution in [0.25, 0.3) is 0 Å². The third-order valence-corrected chi connectivity index (χ3v) is 4.50. The summed E-state index contributed by atoms with van der Waals surface area (Å²) in [4.78, 5) is 13.4. The highest BCUT2D eigenvalue weighted by Crippen LogP contribution is 2.49. The van der Waals surface area contributed by atoms with Gasteiger partial charge in [-0.25, -0.2) is 8.78 Å². The van der Waals surface area contributed by atoms with Crippen LogP contribution in [0.1, 0.15) is 41.6 Å². The molecular weight excluding hydrogens is 260 g/mol. The molecule has 1 saturated carbocycles. The van der Waals surface area contributed by atoms with Gasteiger partial charge in [-0.1, -0.05) is 25.5 Å². The van der Waals surface area contributed by atoms with Crippen LogP contribution in [0.2, 0.25) is 0 Å². The first-order chi connectivity index (χ1) is 9.60. The molecule has 0 spiro atoms. The lowest BCUT2D eigenvalue weighted by Gasteiger charge is -2.15. The molecule has 4 heteroatoms. The van der Waals surface area contributed by atoms with Gasteiger partial charge in [0.25, 0.3) is 5.91 Å². The van der Waals surface area contributed by atoms with Gasteiger partial charge >= 0.3 is 0 Å². The van der Waals surface area contributed by atoms with Crippen LogP contribution in [0, 0.1) is 5.92 Å². The van der Waals surface area contributed by atoms with Gasteiger partial charge in [0, 0.05) is 5.56 Å². The fraction of sp³-hybridized carbons (Fsp3) is 0.562. The minimum Gasteiger partial charge on any atom is -0.333 e. The quantitative estimate of drug-likeness (QED) is 0.831. The molecule has 1 aromatic rings. The molecule has 3 rings (SSSR count). The molecule has 0 N–H and O–H groups in total. The summed E-state index contributed by atoms with van der Waals surface area (Å²) in [5.74, 6) is 1.12. The second-order valence-electron chi connectivity index (χ2n) is 5.87. The van der Waals surface area contributed by atoms with E-state index in [1.165, 1.54) is 23.3 Å². The minimum atomic E-state index is -1.55. The lowest BCUT2D eigenvalue weighted by atomic mass is 10.1. The van der Waals surface area contributed by atoms with E-state index in [2.05, 4.69) is 6.92 Å². The van der Waals surface area contributed by atoms with E-state index in [1.54, 1.807) is 12.1 Å². The number of hydrogen-bond donors (Lipinski definition) is 0. The number of benzene rings is 1. The van der Waals surface area contributed by atoms with Crippen molar-refractivity contribution in [2.45, 2.75) is 38.0 Å². The number of amides is 1. The second kappa shape index (κ2) is 5.15. The van der Waals surface area contributed by atoms with E-state index in [0.29, 0.717) is 11.5 Å². The number of likely N-dealkylation sites (tertiary alicyclic amines) is 1. The van der Waals surface area contributed by atoms with E-state index in [-0.39, 0.29) is 19.0 Å². The Bertz CT molecular complexity index is 492. The Labute approximate surface area is 117 Å². The summed E-state index contributed by atoms with van der Waals surface area (Å²) in [6.07, 6.45) is -0.678. The molecule has 0 aromatic heterocycles. The number of rotatable bonds is 3. The first kappa shape index (κ1) is 13.5. The van der Waals surface area contributed by atoms with Crippen molar-refractivity contribution >= 4 is 5.91 Å². The highest BCUT2D eigenvalue weighted by Gasteiger charge is 2.37. The maximum absolute atomic E-state index is 13.1. The van der Waals surface area contributed by atoms with E-state index in [0.717, 1.165) is 5.92 Å². The molecule has 1 aromatic carbocycles. The summed E-state index contributed by atoms with van der Waals surface area (Å²) < 4.78 is 26.3. The van der Waals surface area contributed by atoms with E-state index < -0.39 is 12.3 Å². The van der Waals surface area contributed by atoms with Crippen LogP contribution in [0.3, 0.4) is 0 Å². The van der Waals surface area contributed by atoms with Crippen molar-refractivity contribution in [1.29, 1.82) is 0 Å². The monoisotopic (exact) mass is 279 g/mol. The SMILES string of the molecule is CC[C@H]1C[C@@H]1c1ccc(C(=O)N2C[C@@H](F)[C@@H](F)C2)cc1. The lowest BCUT2D eigenvalue weighted by Crippen LogP contribution is -2.29. The van der Waals surface area contributed by atoms with Crippen LogP contribution in [-0.4, -0.2) is 36.2 Å². The number of hydrogen-bond acceptors (Lipinski definition) is 1. The van der Waals surface area contributed by atoms with Crippen molar-refractivity contribution in [3.8, 4) is 0 Å². The fourth-order valence-electron chi connectivity index (χ4n) is 3.05. The van der Waals surface area contributed by atoms with Crippen molar-refractivity contribution < 1.29 is 13.6 Å². The van der Waals surface area contributed by atoms with Crippen molar-refractivity contribution in [3.63, 3.8) is 0 Å². The van der Waals surface area contributed by atoms with Crippen molar-refractivity contribution in [3.05, 3.63) is 35.4 Å². The maximum atomic E-state index is 13.1. The molecular formula is C16H19F2NO. The molecule has 0 radical (unpaired) electrons. The molecule has 1 heterocycles. The highest BCUT2D eigenvalue weighted by atomic mass is 19.2. The molecule has 0 unspecified atom stereocenters. The molecule has 20 heavy (non-hydrogen) atoms. The highest BCUT2D eigenvalue weighted by molar-refractivity contribution is 5.94. The Morgan fingerprint density at radius 3 is 2.30 bits per heavy atom. The lowest BCUT2D eigenvalue weighted by molar-refractivity contribution is 0.0779. The third-order valence-electron chi connectivity index (χ3n) is 4.50. The predicted molar refractivity (Wildman–Crippen MR) is 73.3 cm³/mol. The van der Waals surface area contributed by atoms with Crippen LogP contribution in [0.5, 0.6) is 0 Å². The summed E-state index contributed by atoms with van der Waals surface area (Å²) in [6, 6.07) is 7.51. The zero-order valence-corrected chi connectivity index (χ0v) is 11.6. The molecule has 108 valence electrons. The largest absolute Gasteiger partial charge is 0.333 e. The number of alkyl halides is 2. The Kier molecular flexibility index (Phi) is 3.48. The Morgan fingerprint density at radius 2 is 1.80 bits per heavy atom. The van der Waals surface area contributed by atoms with Crippen LogP contribution in [0.15, 0.2) is 24.3 Å². The molecule has 2 fully saturated rings. The fourth-order valence-corrected chi connectivity index (χ4v) is 3.05. The number of halogens is 2. The van der Waals surface area contributed by atoms with Gasteiger partial charge < -0.3 is 4.90 Å². The molecule has 2 aliphatic rings. The van der Waals surface area contributed by atoms with Gasteiger partial charge in [-0.05, 0) is 36.0 Å². The number of carbonyl (C=O) groups excluding carboxylic acids is 1. The first-order valence-electron chi connectivity index (χ1n) is 7.27. The summed E-state index contributed by atoms with van der Waals surface area (Å²) in [5, 5.41) is 0. The Balaban J connectivity index is 1.67. The molecule has 2 nitrogen and oxygen atoms in total. The summed E-state index contributed by atoms with van der Waals surface area (Å²) in [6.45, 7) is 1.92. The van der Waals surface area contributed by atoms with Gasteiger partial charge in [0.15, 0.2) is 12.3 Å². The van der Waals surface area contributed by atoms with Crippen LogP contribution in [0.4, 0.5) is 8.78 Å². The van der Waals surface area contributed by atoms with Crippen molar-refractivity contribution in [1.82, 2.24) is 4.90 Å². The smallest absolute Gasteiger partial charge is 0.254 e. The summed E-state index contributed by atoms with van der Waals surface area (Å²) >= 11 is 0. The van der Waals surface area contributed by atoms with E-state index in [9.17, 15) is 13.6 Å². The minimum absolute atomic E-state index is 0.137. The van der Waals surface area contributed by atoms with Gasteiger partial charge in [-0.3, -0.25) is 4.79 Å². The van der Waals surface area contributed by atoms with E-state index in [4.69, 9.17) is 0 Å². The van der Waals surface area contributed by atoms with Crippen LogP contribution in [-0.2, 0) is 0 Å². The van der Waals surface area contributed by atoms with Crippen LogP contribution >= 0.6 is 0 Å². The van der Waals surface area contributed by atoms with Crippen LogP contribution < -0.4 is 0 Å². The summed E-state index contributed by atoms with van der Waals surface area (Å²) in [7, 11) is 0. The third kappa shape index (κ3) is 2.43. The number of nitrogens with zero attached hydrogens (tertiary/aromatic N) is 1. The average molecular weight is 279 g/mol. The van der Waals surface area contributed by atoms with E-state index in [1.807, 2.05) is 12.1 Å². The first-order valence-corrected chi connectivity index (χ1v) is 7.27. The topological polar surface area (TPSA) is 20.3 Å². The normalized spacial score (nSPS) is 32.5. The zero-order valence-electron chi connectivity index (χ0n) is 11.6. The maximum Gasteiger partial charge on any atom is 0.254 e. The average Bonchev–Trinajstić information content (AvgIpc) is 3.18. The van der Waals surface area contributed by atoms with Crippen molar-refractivity contribution in [2.75, 3.05) is 13.1 Å². The van der Waals surface area contributed by atoms with Gasteiger partial charge in [0.2, 0.25) is 0 Å². The molecule has 1 aliphatic carbocycles. The van der Waals surface area contributed by atoms with E-state index >= 15 is 0 Å². The standard InChI is InChI=1S/C16H19F2NO/c1-2-10-7-13(10)11-3-5-12(6-4-11)16(20)19-8-14(17)15(18)9-19/h3-6,10,13-15H,2,7-9H2,1H3/t10-,13-,14-,15+/m0/s1. The second-order valence-corrected chi connectivity index (χ2v) is 5.87. The molecule has 0 bridgehead atoms. The zero-order chi connectivity index (χ0) is 14.3. The number of carbonyl (C=O) groups is 1. The Hall–Kier alpha value is -1.45. The molecule has 1 saturated heterocycles. The van der Waals surface area contributed by atoms with Gasteiger partial charge in [-0.2, -0.15) is 0 Å². The Morgan fingerprint density at radius 1 is 1.20 bits per heavy atom.